The van der Waals surface area contributed by atoms with Gasteiger partial charge in [-0.3, -0.25) is 0 Å². The third kappa shape index (κ3) is 6.46. The van der Waals surface area contributed by atoms with Crippen molar-refractivity contribution in [1.82, 2.24) is 14.8 Å². The molecule has 0 N–H and O–H groups in total. The number of carbonyl (C=O) groups excluding carboxylic acids is 2. The second-order valence-electron chi connectivity index (χ2n) is 6.15. The molecule has 0 atom stereocenters. The van der Waals surface area contributed by atoms with Crippen molar-refractivity contribution in [2.75, 3.05) is 6.61 Å². The van der Waals surface area contributed by atoms with Crippen LogP contribution < -0.4 is 0 Å². The quantitative estimate of drug-likeness (QED) is 0.422. The van der Waals surface area contributed by atoms with E-state index >= 15 is 0 Å². The highest BCUT2D eigenvalue weighted by atomic mass is 19.4. The number of hydrogen-bond donors (Lipinski definition) is 0. The monoisotopic (exact) mass is 408 g/mol. The maximum Gasteiger partial charge on any atom is 0.516 e. The second kappa shape index (κ2) is 9.01. The summed E-state index contributed by atoms with van der Waals surface area (Å²) >= 11 is 0. The molecule has 0 unspecified atom stereocenters. The van der Waals surface area contributed by atoms with Gasteiger partial charge < -0.3 is 9.47 Å². The van der Waals surface area contributed by atoms with Crippen LogP contribution in [-0.2, 0) is 20.4 Å². The summed E-state index contributed by atoms with van der Waals surface area (Å²) in [6.45, 7) is 3.70. The molecule has 152 valence electrons. The Morgan fingerprint density at radius 3 is 2.66 bits per heavy atom. The van der Waals surface area contributed by atoms with Gasteiger partial charge in [0, 0.05) is 17.8 Å². The summed E-state index contributed by atoms with van der Waals surface area (Å²) in [4.78, 5) is 26.7. The predicted octanol–water partition coefficient (Wildman–Crippen LogP) is 3.64. The first-order valence-corrected chi connectivity index (χ1v) is 8.19. The lowest BCUT2D eigenvalue weighted by molar-refractivity contribution is -0.137. The van der Waals surface area contributed by atoms with Crippen molar-refractivity contribution in [2.45, 2.75) is 20.0 Å². The molecule has 0 fully saturated rings. The first-order chi connectivity index (χ1) is 13.6. The van der Waals surface area contributed by atoms with Crippen LogP contribution in [0.4, 0.5) is 18.0 Å². The zero-order chi connectivity index (χ0) is 21.6. The number of hydrogen-bond acceptors (Lipinski definition) is 7. The van der Waals surface area contributed by atoms with E-state index in [0.717, 1.165) is 35.4 Å². The van der Waals surface area contributed by atoms with E-state index in [2.05, 4.69) is 19.6 Å². The van der Waals surface area contributed by atoms with Gasteiger partial charge in [0.1, 0.15) is 6.33 Å². The molecule has 1 aromatic heterocycles. The van der Waals surface area contributed by atoms with Gasteiger partial charge in [-0.2, -0.15) is 18.4 Å². The van der Waals surface area contributed by atoms with Crippen molar-refractivity contribution in [2.24, 2.45) is 5.92 Å². The third-order valence-electron chi connectivity index (χ3n) is 3.24. The maximum absolute atomic E-state index is 13.0. The molecule has 29 heavy (non-hydrogen) atoms. The van der Waals surface area contributed by atoms with Gasteiger partial charge in [-0.1, -0.05) is 13.8 Å². The topological polar surface area (TPSA) is 107 Å². The molecule has 0 aliphatic carbocycles. The van der Waals surface area contributed by atoms with Crippen LogP contribution in [0.2, 0.25) is 0 Å². The maximum atomic E-state index is 13.0. The molecular formula is C18H15F3N4O4. The van der Waals surface area contributed by atoms with Crippen LogP contribution in [0.3, 0.4) is 0 Å². The molecular weight excluding hydrogens is 393 g/mol. The van der Waals surface area contributed by atoms with Crippen molar-refractivity contribution in [3.8, 4) is 17.5 Å². The van der Waals surface area contributed by atoms with Crippen LogP contribution in [0.5, 0.6) is 0 Å². The van der Waals surface area contributed by atoms with Gasteiger partial charge in [0.05, 0.1) is 23.8 Å². The number of alkyl halides is 3. The van der Waals surface area contributed by atoms with E-state index in [4.69, 9.17) is 5.26 Å². The molecule has 11 heteroatoms. The zero-order valence-corrected chi connectivity index (χ0v) is 15.3. The van der Waals surface area contributed by atoms with Gasteiger partial charge in [-0.05, 0) is 24.1 Å². The fourth-order valence-corrected chi connectivity index (χ4v) is 1.98. The second-order valence-corrected chi connectivity index (χ2v) is 6.15. The Morgan fingerprint density at radius 1 is 1.31 bits per heavy atom. The summed E-state index contributed by atoms with van der Waals surface area (Å²) in [5, 5.41) is 12.8. The Hall–Kier alpha value is -3.68. The standard InChI is InChI=1S/C18H15F3N4O4/c1-11(2)9-28-17(27)29-15(26)3-4-25-10-23-16(24-25)13-5-12(8-22)6-14(7-13)18(19,20)21/h3-7,10-11H,9H2,1-2H3/b4-3-. The fourth-order valence-electron chi connectivity index (χ4n) is 1.98. The van der Waals surface area contributed by atoms with Crippen molar-refractivity contribution in [1.29, 1.82) is 5.26 Å². The largest absolute Gasteiger partial charge is 0.516 e. The van der Waals surface area contributed by atoms with Crippen molar-refractivity contribution < 1.29 is 32.2 Å². The van der Waals surface area contributed by atoms with E-state index in [1.165, 1.54) is 6.07 Å². The smallest absolute Gasteiger partial charge is 0.434 e. The summed E-state index contributed by atoms with van der Waals surface area (Å²) in [7, 11) is 0. The van der Waals surface area contributed by atoms with Gasteiger partial charge in [-0.15, -0.1) is 5.10 Å². The number of nitriles is 1. The molecule has 0 spiro atoms. The van der Waals surface area contributed by atoms with Crippen LogP contribution in [0, 0.1) is 17.2 Å². The van der Waals surface area contributed by atoms with Gasteiger partial charge in [0.25, 0.3) is 0 Å². The fraction of sp³-hybridized carbons (Fsp3) is 0.278. The van der Waals surface area contributed by atoms with Crippen molar-refractivity contribution in [3.63, 3.8) is 0 Å². The van der Waals surface area contributed by atoms with Crippen molar-refractivity contribution >= 4 is 18.3 Å². The Labute approximate surface area is 163 Å². The molecule has 1 aromatic carbocycles. The third-order valence-corrected chi connectivity index (χ3v) is 3.24. The molecule has 1 heterocycles. The zero-order valence-electron chi connectivity index (χ0n) is 15.3. The molecule has 0 bridgehead atoms. The van der Waals surface area contributed by atoms with Crippen molar-refractivity contribution in [3.05, 3.63) is 41.7 Å². The molecule has 0 aliphatic heterocycles. The number of rotatable bonds is 5. The van der Waals surface area contributed by atoms with E-state index in [1.54, 1.807) is 19.9 Å². The van der Waals surface area contributed by atoms with Crippen LogP contribution in [0.25, 0.3) is 17.6 Å². The van der Waals surface area contributed by atoms with Crippen LogP contribution >= 0.6 is 0 Å². The van der Waals surface area contributed by atoms with E-state index in [0.29, 0.717) is 0 Å². The van der Waals surface area contributed by atoms with Gasteiger partial charge >= 0.3 is 18.3 Å². The summed E-state index contributed by atoms with van der Waals surface area (Å²) in [5.74, 6) is -1.05. The highest BCUT2D eigenvalue weighted by molar-refractivity contribution is 5.91. The lowest BCUT2D eigenvalue weighted by Gasteiger charge is -2.08. The molecule has 0 radical (unpaired) electrons. The number of halogens is 3. The number of esters is 1. The molecule has 2 rings (SSSR count). The predicted molar refractivity (Wildman–Crippen MR) is 92.8 cm³/mol. The SMILES string of the molecule is CC(C)COC(=O)OC(=O)/C=C\n1cnc(-c2cc(C#N)cc(C(F)(F)F)c2)n1. The van der Waals surface area contributed by atoms with E-state index in [-0.39, 0.29) is 29.5 Å². The molecule has 0 amide bonds. The van der Waals surface area contributed by atoms with Crippen LogP contribution in [0.1, 0.15) is 25.0 Å². The van der Waals surface area contributed by atoms with E-state index in [1.807, 2.05) is 0 Å². The Bertz CT molecular complexity index is 974. The average molecular weight is 408 g/mol. The summed E-state index contributed by atoms with van der Waals surface area (Å²) in [6.07, 6.45) is -2.71. The first-order valence-electron chi connectivity index (χ1n) is 8.19. The molecule has 8 nitrogen and oxygen atoms in total. The Balaban J connectivity index is 2.11. The molecule has 0 saturated heterocycles. The highest BCUT2D eigenvalue weighted by Gasteiger charge is 2.31. The van der Waals surface area contributed by atoms with E-state index in [9.17, 15) is 22.8 Å². The average Bonchev–Trinajstić information content (AvgIpc) is 3.12. The summed E-state index contributed by atoms with van der Waals surface area (Å²) in [5.41, 5.74) is -1.24. The first kappa shape index (κ1) is 21.6. The minimum Gasteiger partial charge on any atom is -0.434 e. The number of ether oxygens (including phenoxy) is 2. The lowest BCUT2D eigenvalue weighted by atomic mass is 10.1. The number of aromatic nitrogens is 3. The van der Waals surface area contributed by atoms with Gasteiger partial charge in [0.15, 0.2) is 5.82 Å². The van der Waals surface area contributed by atoms with Gasteiger partial charge in [-0.25, -0.2) is 19.3 Å². The normalized spacial score (nSPS) is 11.5. The Kier molecular flexibility index (Phi) is 6.71. The number of carbonyl (C=O) groups is 2. The van der Waals surface area contributed by atoms with E-state index < -0.39 is 23.9 Å². The van der Waals surface area contributed by atoms with Gasteiger partial charge in [0.2, 0.25) is 0 Å². The number of nitrogens with zero attached hydrogens (tertiary/aromatic N) is 4. The highest BCUT2D eigenvalue weighted by Crippen LogP contribution is 2.32. The lowest BCUT2D eigenvalue weighted by Crippen LogP contribution is -2.14. The molecule has 0 saturated carbocycles. The number of benzene rings is 1. The minimum atomic E-state index is -4.64. The van der Waals surface area contributed by atoms with Crippen LogP contribution in [-0.4, -0.2) is 33.5 Å². The summed E-state index contributed by atoms with van der Waals surface area (Å²) in [6, 6.07) is 4.38. The van der Waals surface area contributed by atoms with Crippen LogP contribution in [0.15, 0.2) is 30.6 Å². The molecule has 2 aromatic rings. The molecule has 0 aliphatic rings. The Morgan fingerprint density at radius 2 is 2.03 bits per heavy atom. The summed E-state index contributed by atoms with van der Waals surface area (Å²) < 4.78 is 49.0. The minimum absolute atomic E-state index is 0.0247.